The third-order valence-corrected chi connectivity index (χ3v) is 3.62. The summed E-state index contributed by atoms with van der Waals surface area (Å²) in [5.74, 6) is 0.126. The lowest BCUT2D eigenvalue weighted by Gasteiger charge is -2.14. The van der Waals surface area contributed by atoms with Crippen molar-refractivity contribution in [2.45, 2.75) is 0 Å². The fraction of sp³-hybridized carbons (Fsp3) is 0.167. The van der Waals surface area contributed by atoms with E-state index in [1.54, 1.807) is 18.2 Å². The Kier molecular flexibility index (Phi) is 5.49. The summed E-state index contributed by atoms with van der Waals surface area (Å²) in [6, 6.07) is 6.05. The number of oxazole rings is 1. The van der Waals surface area contributed by atoms with Crippen molar-refractivity contribution in [2.75, 3.05) is 32.0 Å². The molecule has 3 aromatic rings. The Morgan fingerprint density at radius 1 is 0.964 bits per heavy atom. The van der Waals surface area contributed by atoms with Crippen LogP contribution in [-0.4, -0.2) is 38.1 Å². The molecule has 10 nitrogen and oxygen atoms in total. The fourth-order valence-electron chi connectivity index (χ4n) is 2.35. The van der Waals surface area contributed by atoms with Crippen LogP contribution < -0.4 is 24.8 Å². The minimum atomic E-state index is -0.559. The predicted octanol–water partition coefficient (Wildman–Crippen LogP) is 2.80. The second-order valence-electron chi connectivity index (χ2n) is 5.34. The molecule has 2 aromatic heterocycles. The molecule has 0 fully saturated rings. The number of nitrogens with zero attached hydrogens (tertiary/aromatic N) is 1. The Balaban J connectivity index is 1.73. The molecule has 0 spiro atoms. The van der Waals surface area contributed by atoms with Crippen LogP contribution in [0.4, 0.5) is 11.7 Å². The SMILES string of the molecule is COc1cc(NC(=O)c2coc(NC(=O)c3ccco3)n2)cc(OC)c1OC. The van der Waals surface area contributed by atoms with E-state index < -0.39 is 11.8 Å². The van der Waals surface area contributed by atoms with Crippen molar-refractivity contribution in [1.29, 1.82) is 0 Å². The van der Waals surface area contributed by atoms with E-state index in [1.807, 2.05) is 0 Å². The number of amides is 2. The summed E-state index contributed by atoms with van der Waals surface area (Å²) >= 11 is 0. The molecule has 1 aromatic carbocycles. The molecule has 0 saturated heterocycles. The summed E-state index contributed by atoms with van der Waals surface area (Å²) in [6.45, 7) is 0. The molecule has 0 atom stereocenters. The van der Waals surface area contributed by atoms with Crippen molar-refractivity contribution in [2.24, 2.45) is 0 Å². The smallest absolute Gasteiger partial charge is 0.302 e. The zero-order valence-electron chi connectivity index (χ0n) is 15.3. The number of anilines is 2. The molecule has 3 rings (SSSR count). The molecule has 2 amide bonds. The van der Waals surface area contributed by atoms with E-state index in [9.17, 15) is 9.59 Å². The first-order chi connectivity index (χ1) is 13.5. The van der Waals surface area contributed by atoms with Crippen LogP contribution in [0.5, 0.6) is 17.2 Å². The summed E-state index contributed by atoms with van der Waals surface area (Å²) in [5, 5.41) is 5.03. The number of hydrogen-bond acceptors (Lipinski definition) is 8. The fourth-order valence-corrected chi connectivity index (χ4v) is 2.35. The van der Waals surface area contributed by atoms with Gasteiger partial charge in [0.1, 0.15) is 6.26 Å². The van der Waals surface area contributed by atoms with Gasteiger partial charge < -0.3 is 28.4 Å². The van der Waals surface area contributed by atoms with Gasteiger partial charge in [0.15, 0.2) is 23.0 Å². The zero-order valence-corrected chi connectivity index (χ0v) is 15.3. The maximum Gasteiger partial charge on any atom is 0.302 e. The van der Waals surface area contributed by atoms with Crippen LogP contribution in [0, 0.1) is 0 Å². The van der Waals surface area contributed by atoms with Gasteiger partial charge in [-0.05, 0) is 12.1 Å². The number of benzene rings is 1. The molecule has 0 saturated carbocycles. The average molecular weight is 387 g/mol. The molecule has 28 heavy (non-hydrogen) atoms. The molecule has 0 aliphatic heterocycles. The number of hydrogen-bond donors (Lipinski definition) is 2. The number of methoxy groups -OCH3 is 3. The number of carbonyl (C=O) groups is 2. The highest BCUT2D eigenvalue weighted by atomic mass is 16.5. The topological polar surface area (TPSA) is 125 Å². The van der Waals surface area contributed by atoms with Gasteiger partial charge in [-0.2, -0.15) is 4.98 Å². The number of nitrogens with one attached hydrogen (secondary N) is 2. The monoisotopic (exact) mass is 387 g/mol. The number of furan rings is 1. The Hall–Kier alpha value is -3.95. The van der Waals surface area contributed by atoms with Gasteiger partial charge in [0.2, 0.25) is 5.75 Å². The Morgan fingerprint density at radius 2 is 1.68 bits per heavy atom. The Morgan fingerprint density at radius 3 is 2.25 bits per heavy atom. The van der Waals surface area contributed by atoms with E-state index in [1.165, 1.54) is 33.7 Å². The highest BCUT2D eigenvalue weighted by Crippen LogP contribution is 2.40. The van der Waals surface area contributed by atoms with Crippen LogP contribution in [-0.2, 0) is 0 Å². The summed E-state index contributed by atoms with van der Waals surface area (Å²) in [6.07, 6.45) is 2.48. The summed E-state index contributed by atoms with van der Waals surface area (Å²) in [7, 11) is 4.41. The highest BCUT2D eigenvalue weighted by Gasteiger charge is 2.18. The van der Waals surface area contributed by atoms with Gasteiger partial charge in [0.25, 0.3) is 11.8 Å². The second kappa shape index (κ2) is 8.16. The summed E-state index contributed by atoms with van der Waals surface area (Å²) < 4.78 is 25.8. The van der Waals surface area contributed by atoms with Crippen molar-refractivity contribution in [3.63, 3.8) is 0 Å². The maximum atomic E-state index is 12.4. The third kappa shape index (κ3) is 3.90. The van der Waals surface area contributed by atoms with Crippen molar-refractivity contribution in [1.82, 2.24) is 4.98 Å². The Labute approximate surface area is 159 Å². The molecule has 0 aliphatic rings. The Bertz CT molecular complexity index is 954. The zero-order chi connectivity index (χ0) is 20.1. The molecule has 2 heterocycles. The van der Waals surface area contributed by atoms with Crippen molar-refractivity contribution >= 4 is 23.5 Å². The van der Waals surface area contributed by atoms with Gasteiger partial charge in [-0.25, -0.2) is 0 Å². The molecule has 2 N–H and O–H groups in total. The second-order valence-corrected chi connectivity index (χ2v) is 5.34. The largest absolute Gasteiger partial charge is 0.493 e. The predicted molar refractivity (Wildman–Crippen MR) is 97.2 cm³/mol. The van der Waals surface area contributed by atoms with E-state index in [0.717, 1.165) is 6.26 Å². The van der Waals surface area contributed by atoms with Crippen LogP contribution in [0.25, 0.3) is 0 Å². The summed E-state index contributed by atoms with van der Waals surface area (Å²) in [4.78, 5) is 28.3. The van der Waals surface area contributed by atoms with Crippen molar-refractivity contribution < 1.29 is 32.6 Å². The normalized spacial score (nSPS) is 10.2. The van der Waals surface area contributed by atoms with E-state index in [0.29, 0.717) is 22.9 Å². The lowest BCUT2D eigenvalue weighted by molar-refractivity contribution is 0.0990. The first-order valence-corrected chi connectivity index (χ1v) is 7.97. The van der Waals surface area contributed by atoms with Crippen LogP contribution in [0.15, 0.2) is 45.6 Å². The first kappa shape index (κ1) is 18.8. The molecule has 0 radical (unpaired) electrons. The number of ether oxygens (including phenoxy) is 3. The standard InChI is InChI=1S/C18H17N3O7/c1-24-13-7-10(8-14(25-2)15(13)26-3)19-16(22)11-9-28-18(20-11)21-17(23)12-5-4-6-27-12/h4-9H,1-3H3,(H,19,22)(H,20,21,23). The van der Waals surface area contributed by atoms with Crippen LogP contribution in [0.3, 0.4) is 0 Å². The van der Waals surface area contributed by atoms with Crippen LogP contribution in [0.1, 0.15) is 21.0 Å². The lowest BCUT2D eigenvalue weighted by atomic mass is 10.2. The van der Waals surface area contributed by atoms with Crippen molar-refractivity contribution in [3.05, 3.63) is 48.2 Å². The number of rotatable bonds is 7. The van der Waals surface area contributed by atoms with Crippen LogP contribution in [0.2, 0.25) is 0 Å². The molecular weight excluding hydrogens is 370 g/mol. The molecule has 0 unspecified atom stereocenters. The first-order valence-electron chi connectivity index (χ1n) is 7.97. The minimum Gasteiger partial charge on any atom is -0.493 e. The van der Waals surface area contributed by atoms with E-state index in [4.69, 9.17) is 23.0 Å². The number of aromatic nitrogens is 1. The third-order valence-electron chi connectivity index (χ3n) is 3.62. The minimum absolute atomic E-state index is 0.0384. The van der Waals surface area contributed by atoms with Gasteiger partial charge in [0, 0.05) is 17.8 Å². The van der Waals surface area contributed by atoms with E-state index in [-0.39, 0.29) is 17.5 Å². The molecule has 146 valence electrons. The van der Waals surface area contributed by atoms with Crippen molar-refractivity contribution in [3.8, 4) is 17.2 Å². The highest BCUT2D eigenvalue weighted by molar-refractivity contribution is 6.04. The van der Waals surface area contributed by atoms with E-state index in [2.05, 4.69) is 15.6 Å². The quantitative estimate of drug-likeness (QED) is 0.634. The molecule has 0 bridgehead atoms. The van der Waals surface area contributed by atoms with Gasteiger partial charge in [-0.15, -0.1) is 0 Å². The average Bonchev–Trinajstić information content (AvgIpc) is 3.39. The molecular formula is C18H17N3O7. The van der Waals surface area contributed by atoms with Crippen LogP contribution >= 0.6 is 0 Å². The van der Waals surface area contributed by atoms with Gasteiger partial charge in [-0.3, -0.25) is 14.9 Å². The lowest BCUT2D eigenvalue weighted by Crippen LogP contribution is -2.14. The van der Waals surface area contributed by atoms with Gasteiger partial charge >= 0.3 is 6.01 Å². The van der Waals surface area contributed by atoms with Gasteiger partial charge in [-0.1, -0.05) is 0 Å². The van der Waals surface area contributed by atoms with Gasteiger partial charge in [0.05, 0.1) is 27.6 Å². The molecule has 0 aliphatic carbocycles. The number of carbonyl (C=O) groups excluding carboxylic acids is 2. The maximum absolute atomic E-state index is 12.4. The van der Waals surface area contributed by atoms with E-state index >= 15 is 0 Å². The summed E-state index contributed by atoms with van der Waals surface area (Å²) in [5.41, 5.74) is 0.354. The molecule has 10 heteroatoms.